The van der Waals surface area contributed by atoms with Gasteiger partial charge in [-0.2, -0.15) is 0 Å². The molecule has 1 aliphatic carbocycles. The molecule has 0 aromatic carbocycles. The zero-order valence-electron chi connectivity index (χ0n) is 9.93. The summed E-state index contributed by atoms with van der Waals surface area (Å²) in [6, 6.07) is 6.43. The zero-order chi connectivity index (χ0) is 11.2. The predicted molar refractivity (Wildman–Crippen MR) is 79.3 cm³/mol. The van der Waals surface area contributed by atoms with Gasteiger partial charge in [0.15, 0.2) is 0 Å². The lowest BCUT2D eigenvalue weighted by Gasteiger charge is -2.04. The highest BCUT2D eigenvalue weighted by Crippen LogP contribution is 2.41. The number of pyridine rings is 1. The van der Waals surface area contributed by atoms with E-state index in [4.69, 9.17) is 0 Å². The van der Waals surface area contributed by atoms with Crippen LogP contribution in [-0.2, 0) is 0 Å². The summed E-state index contributed by atoms with van der Waals surface area (Å²) in [5, 5.41) is 3.47. The second-order valence-electron chi connectivity index (χ2n) is 4.98. The van der Waals surface area contributed by atoms with Crippen molar-refractivity contribution in [3.05, 3.63) is 35.3 Å². The molecule has 2 aromatic rings. The molecule has 2 aliphatic rings. The van der Waals surface area contributed by atoms with E-state index in [0.29, 0.717) is 0 Å². The van der Waals surface area contributed by atoms with E-state index in [1.807, 2.05) is 23.6 Å². The first-order chi connectivity index (χ1) is 8.40. The minimum Gasteiger partial charge on any atom is -0.316 e. The summed E-state index contributed by atoms with van der Waals surface area (Å²) in [6.45, 7) is 2.35. The Kier molecular flexibility index (Phi) is 3.14. The van der Waals surface area contributed by atoms with Crippen LogP contribution in [0.2, 0.25) is 0 Å². The smallest absolute Gasteiger partial charge is 0.0816 e. The normalized spacial score (nSPS) is 25.9. The molecule has 2 atom stereocenters. The molecule has 0 saturated carbocycles. The van der Waals surface area contributed by atoms with Crippen LogP contribution < -0.4 is 5.32 Å². The predicted octanol–water partition coefficient (Wildman–Crippen LogP) is 3.34. The Morgan fingerprint density at radius 2 is 2.28 bits per heavy atom. The molecule has 0 unspecified atom stereocenters. The number of nitrogens with zero attached hydrogens (tertiary/aromatic N) is 1. The summed E-state index contributed by atoms with van der Waals surface area (Å²) in [5.41, 5.74) is 2.69. The van der Waals surface area contributed by atoms with Gasteiger partial charge in [0, 0.05) is 17.6 Å². The topological polar surface area (TPSA) is 24.9 Å². The molecule has 1 fully saturated rings. The third-order valence-corrected chi connectivity index (χ3v) is 5.06. The van der Waals surface area contributed by atoms with E-state index >= 15 is 0 Å². The van der Waals surface area contributed by atoms with Crippen molar-refractivity contribution in [1.82, 2.24) is 10.3 Å². The van der Waals surface area contributed by atoms with E-state index in [-0.39, 0.29) is 12.4 Å². The maximum atomic E-state index is 4.42. The van der Waals surface area contributed by atoms with Crippen LogP contribution in [0.15, 0.2) is 30.5 Å². The minimum absolute atomic E-state index is 0. The van der Waals surface area contributed by atoms with Crippen molar-refractivity contribution in [2.24, 2.45) is 11.8 Å². The van der Waals surface area contributed by atoms with Crippen molar-refractivity contribution in [1.29, 1.82) is 0 Å². The second-order valence-corrected chi connectivity index (χ2v) is 6.06. The Labute approximate surface area is 117 Å². The molecule has 1 aliphatic heterocycles. The third kappa shape index (κ3) is 1.87. The Bertz CT molecular complexity index is 572. The highest BCUT2D eigenvalue weighted by molar-refractivity contribution is 7.20. The number of rotatable bonds is 1. The van der Waals surface area contributed by atoms with E-state index in [1.165, 1.54) is 22.5 Å². The largest absolute Gasteiger partial charge is 0.316 e. The van der Waals surface area contributed by atoms with Crippen molar-refractivity contribution in [2.45, 2.75) is 6.42 Å². The van der Waals surface area contributed by atoms with Crippen LogP contribution in [0.25, 0.3) is 15.8 Å². The molecule has 1 saturated heterocycles. The second kappa shape index (κ2) is 4.65. The van der Waals surface area contributed by atoms with E-state index < -0.39 is 0 Å². The van der Waals surface area contributed by atoms with Crippen LogP contribution in [0.1, 0.15) is 11.3 Å². The fraction of sp³-hybridized carbons (Fsp3) is 0.357. The van der Waals surface area contributed by atoms with Gasteiger partial charge in [0.1, 0.15) is 0 Å². The van der Waals surface area contributed by atoms with Crippen LogP contribution >= 0.6 is 23.7 Å². The summed E-state index contributed by atoms with van der Waals surface area (Å²) in [6.07, 6.45) is 5.60. The SMILES string of the molecule is C1=C(c2cc3ncccc3s2)C[C@@H]2CNC[C@H]12.Cl. The maximum Gasteiger partial charge on any atom is 0.0816 e. The van der Waals surface area contributed by atoms with Crippen molar-refractivity contribution >= 4 is 39.5 Å². The van der Waals surface area contributed by atoms with Crippen LogP contribution in [0, 0.1) is 11.8 Å². The fourth-order valence-electron chi connectivity index (χ4n) is 2.99. The van der Waals surface area contributed by atoms with Gasteiger partial charge in [0.25, 0.3) is 0 Å². The Morgan fingerprint density at radius 1 is 1.33 bits per heavy atom. The zero-order valence-corrected chi connectivity index (χ0v) is 11.6. The summed E-state index contributed by atoms with van der Waals surface area (Å²) in [4.78, 5) is 5.84. The summed E-state index contributed by atoms with van der Waals surface area (Å²) in [7, 11) is 0. The monoisotopic (exact) mass is 278 g/mol. The number of nitrogens with one attached hydrogen (secondary N) is 1. The van der Waals surface area contributed by atoms with Crippen molar-refractivity contribution in [3.63, 3.8) is 0 Å². The molecular formula is C14H15ClN2S. The molecule has 94 valence electrons. The first-order valence-electron chi connectivity index (χ1n) is 6.16. The average molecular weight is 279 g/mol. The Balaban J connectivity index is 0.000001000. The molecule has 4 rings (SSSR count). The average Bonchev–Trinajstić information content (AvgIpc) is 3.01. The lowest BCUT2D eigenvalue weighted by atomic mass is 10.00. The van der Waals surface area contributed by atoms with E-state index in [9.17, 15) is 0 Å². The van der Waals surface area contributed by atoms with Crippen LogP contribution in [0.5, 0.6) is 0 Å². The van der Waals surface area contributed by atoms with Gasteiger partial charge >= 0.3 is 0 Å². The van der Waals surface area contributed by atoms with E-state index in [2.05, 4.69) is 28.5 Å². The van der Waals surface area contributed by atoms with Crippen LogP contribution in [-0.4, -0.2) is 18.1 Å². The summed E-state index contributed by atoms with van der Waals surface area (Å²) in [5.74, 6) is 1.60. The highest BCUT2D eigenvalue weighted by Gasteiger charge is 2.32. The number of hydrogen-bond acceptors (Lipinski definition) is 3. The summed E-state index contributed by atoms with van der Waals surface area (Å²) >= 11 is 1.88. The van der Waals surface area contributed by atoms with Gasteiger partial charge in [0.2, 0.25) is 0 Å². The number of fused-ring (bicyclic) bond motifs is 2. The molecule has 0 spiro atoms. The van der Waals surface area contributed by atoms with Gasteiger partial charge in [0.05, 0.1) is 10.2 Å². The Morgan fingerprint density at radius 3 is 3.11 bits per heavy atom. The van der Waals surface area contributed by atoms with Gasteiger partial charge in [-0.3, -0.25) is 4.98 Å². The van der Waals surface area contributed by atoms with Gasteiger partial charge in [-0.1, -0.05) is 6.08 Å². The fourth-order valence-corrected chi connectivity index (χ4v) is 4.04. The van der Waals surface area contributed by atoms with E-state index in [1.54, 1.807) is 5.57 Å². The number of thiophene rings is 1. The Hall–Kier alpha value is -0.900. The molecule has 0 amide bonds. The quantitative estimate of drug-likeness (QED) is 0.865. The molecule has 2 aromatic heterocycles. The lowest BCUT2D eigenvalue weighted by molar-refractivity contribution is 0.536. The van der Waals surface area contributed by atoms with Gasteiger partial charge < -0.3 is 5.32 Å². The van der Waals surface area contributed by atoms with E-state index in [0.717, 1.165) is 23.9 Å². The standard InChI is InChI=1S/C14H14N2S.ClH/c1-2-13-12(16-3-1)6-14(17-13)9-4-10-7-15-8-11(10)5-9;/h1-4,6,10-11,15H,5,7-8H2;1H/t10-,11+;/m0./s1. The van der Waals surface area contributed by atoms with Crippen molar-refractivity contribution < 1.29 is 0 Å². The summed E-state index contributed by atoms with van der Waals surface area (Å²) < 4.78 is 1.30. The van der Waals surface area contributed by atoms with Crippen molar-refractivity contribution in [2.75, 3.05) is 13.1 Å². The number of aromatic nitrogens is 1. The van der Waals surface area contributed by atoms with Crippen molar-refractivity contribution in [3.8, 4) is 0 Å². The molecule has 0 bridgehead atoms. The molecular weight excluding hydrogens is 264 g/mol. The molecule has 1 N–H and O–H groups in total. The third-order valence-electron chi connectivity index (χ3n) is 3.89. The number of halogens is 1. The minimum atomic E-state index is 0. The van der Waals surface area contributed by atoms with Gasteiger partial charge in [-0.25, -0.2) is 0 Å². The number of hydrogen-bond donors (Lipinski definition) is 1. The molecule has 2 nitrogen and oxygen atoms in total. The molecule has 18 heavy (non-hydrogen) atoms. The molecule has 3 heterocycles. The van der Waals surface area contributed by atoms with Crippen LogP contribution in [0.4, 0.5) is 0 Å². The molecule has 0 radical (unpaired) electrons. The first kappa shape index (κ1) is 12.2. The highest BCUT2D eigenvalue weighted by atomic mass is 35.5. The van der Waals surface area contributed by atoms with Gasteiger partial charge in [-0.05, 0) is 48.6 Å². The first-order valence-corrected chi connectivity index (χ1v) is 6.98. The van der Waals surface area contributed by atoms with Crippen LogP contribution in [0.3, 0.4) is 0 Å². The lowest BCUT2D eigenvalue weighted by Crippen LogP contribution is -2.08. The maximum absolute atomic E-state index is 4.42. The molecule has 4 heteroatoms. The van der Waals surface area contributed by atoms with Gasteiger partial charge in [-0.15, -0.1) is 23.7 Å². The number of allylic oxidation sites excluding steroid dienone is 1.